The molecule has 0 fully saturated rings. The molecule has 36 nitrogen and oxygen atoms in total. The number of hydrogen-bond acceptors (Lipinski definition) is 25. The number of rotatable bonds is 32. The number of carboxylic acid groups (broad SMARTS) is 4. The van der Waals surface area contributed by atoms with Crippen molar-refractivity contribution < 1.29 is 132 Å². The Labute approximate surface area is 502 Å². The number of benzene rings is 1. The van der Waals surface area contributed by atoms with Crippen molar-refractivity contribution in [2.45, 2.75) is 157 Å². The number of para-hydroxylation sites is 1. The maximum Gasteiger partial charge on any atom is 0.413 e. The van der Waals surface area contributed by atoms with Crippen molar-refractivity contribution in [3.8, 4) is 17.2 Å². The second-order valence-corrected chi connectivity index (χ2v) is 20.5. The van der Waals surface area contributed by atoms with E-state index in [4.69, 9.17) is 0 Å². The molecule has 0 spiro atoms. The van der Waals surface area contributed by atoms with Gasteiger partial charge in [0.05, 0.1) is 57.6 Å². The van der Waals surface area contributed by atoms with Gasteiger partial charge >= 0.3 is 24.4 Å². The standard InChI is InChI=1S/C53H75N7O29/c1-4-34(57(49(82)83)46-43(79)25(64)12-15-54(46)18-28(67)37(73)40(76)31(70)21-61)53(60(52(88)89)24-10-8-7-9-11-24,35(5-2)58(50(84)85)47-44(80)26(65)13-16-55(47)19-29(68)38(74)41(77)32(71)22-62)36(6-3)59(51(86)87)48-45(81)27(66)14-17-56(48)20-30(69)39(75)42(78)33(72)23-63/h7-17,28-42,61-63,67-81H,4-6,18-23H2,1-3H3,(H,82,83)(H,84,85)(H,86,87)(H,88,89). The summed E-state index contributed by atoms with van der Waals surface area (Å²) in [5.41, 5.74) is -8.80. The summed E-state index contributed by atoms with van der Waals surface area (Å²) in [4.78, 5) is 101. The van der Waals surface area contributed by atoms with Crippen molar-refractivity contribution in [1.82, 2.24) is 13.7 Å². The number of amides is 4. The van der Waals surface area contributed by atoms with Gasteiger partial charge in [0.15, 0.2) is 17.5 Å². The first kappa shape index (κ1) is 73.4. The normalized spacial score (nSPS) is 17.6. The van der Waals surface area contributed by atoms with Crippen LogP contribution in [0.25, 0.3) is 0 Å². The van der Waals surface area contributed by atoms with Gasteiger partial charge in [-0.1, -0.05) is 39.0 Å². The van der Waals surface area contributed by atoms with Gasteiger partial charge in [0.2, 0.25) is 33.5 Å². The molecule has 0 aliphatic heterocycles. The molecule has 0 aliphatic rings. The molecule has 4 rings (SSSR count). The molecular formula is C53H75N7O29. The fourth-order valence-corrected chi connectivity index (χ4v) is 10.9. The number of hydrogen-bond donors (Lipinski definition) is 22. The molecule has 0 saturated heterocycles. The van der Waals surface area contributed by atoms with Crippen LogP contribution in [-0.2, 0) is 19.6 Å². The number of pyridine rings is 3. The van der Waals surface area contributed by atoms with Crippen LogP contribution in [0.1, 0.15) is 40.0 Å². The summed E-state index contributed by atoms with van der Waals surface area (Å²) in [6, 6.07) is -1.03. The minimum absolute atomic E-state index is 0.0309. The summed E-state index contributed by atoms with van der Waals surface area (Å²) in [5, 5.41) is 241. The first-order valence-corrected chi connectivity index (χ1v) is 27.2. The van der Waals surface area contributed by atoms with Gasteiger partial charge in [-0.05, 0) is 31.4 Å². The van der Waals surface area contributed by atoms with Gasteiger partial charge in [0.25, 0.3) is 0 Å². The lowest BCUT2D eigenvalue weighted by Crippen LogP contribution is -2.81. The molecule has 3 heterocycles. The number of anilines is 4. The van der Waals surface area contributed by atoms with Crippen molar-refractivity contribution in [3.63, 3.8) is 0 Å². The molecule has 1 aromatic carbocycles. The maximum atomic E-state index is 15.0. The van der Waals surface area contributed by atoms with Gasteiger partial charge in [-0.3, -0.25) is 34.0 Å². The third-order valence-electron chi connectivity index (χ3n) is 15.1. The van der Waals surface area contributed by atoms with Crippen molar-refractivity contribution in [3.05, 3.63) is 97.8 Å². The molecule has 22 N–H and O–H groups in total. The molecule has 4 aromatic rings. The quantitative estimate of drug-likeness (QED) is 0.0217. The summed E-state index contributed by atoms with van der Waals surface area (Å²) in [7, 11) is 0. The predicted octanol–water partition coefficient (Wildman–Crippen LogP) is -5.29. The van der Waals surface area contributed by atoms with Gasteiger partial charge in [-0.25, -0.2) is 19.2 Å². The number of aromatic hydroxyl groups is 3. The number of aliphatic hydroxyl groups excluding tert-OH is 15. The molecule has 36 heteroatoms. The monoisotopic (exact) mass is 1270 g/mol. The highest BCUT2D eigenvalue weighted by Crippen LogP contribution is 2.49. The Morgan fingerprint density at radius 3 is 0.865 bits per heavy atom. The molecule has 0 bridgehead atoms. The minimum atomic E-state index is -3.64. The van der Waals surface area contributed by atoms with E-state index in [2.05, 4.69) is 0 Å². The van der Waals surface area contributed by atoms with Crippen LogP contribution in [0, 0.1) is 0 Å². The highest BCUT2D eigenvalue weighted by atomic mass is 16.4. The Hall–Kier alpha value is -8.05. The number of nitrogens with zero attached hydrogens (tertiary/aromatic N) is 7. The van der Waals surface area contributed by atoms with Crippen LogP contribution < -0.4 is 35.9 Å². The Morgan fingerprint density at radius 2 is 0.652 bits per heavy atom. The van der Waals surface area contributed by atoms with Crippen LogP contribution >= 0.6 is 0 Å². The third kappa shape index (κ3) is 15.2. The van der Waals surface area contributed by atoms with Gasteiger partial charge in [0.1, 0.15) is 78.8 Å². The zero-order valence-corrected chi connectivity index (χ0v) is 47.7. The van der Waals surface area contributed by atoms with E-state index >= 15 is 0 Å². The topological polar surface area (TPSA) is 592 Å². The Bertz CT molecular complexity index is 2940. The van der Waals surface area contributed by atoms with Crippen LogP contribution in [0.2, 0.25) is 0 Å². The van der Waals surface area contributed by atoms with Gasteiger partial charge in [0, 0.05) is 42.5 Å². The second kappa shape index (κ2) is 31.4. The van der Waals surface area contributed by atoms with Crippen molar-refractivity contribution in [2.75, 3.05) is 39.4 Å². The molecule has 0 saturated carbocycles. The van der Waals surface area contributed by atoms with E-state index in [0.717, 1.165) is 45.0 Å². The largest absolute Gasteiger partial charge is 0.502 e. The van der Waals surface area contributed by atoms with Crippen molar-refractivity contribution in [2.24, 2.45) is 0 Å². The third-order valence-corrected chi connectivity index (χ3v) is 15.1. The Morgan fingerprint density at radius 1 is 0.404 bits per heavy atom. The summed E-state index contributed by atoms with van der Waals surface area (Å²) in [5.74, 6) is -9.01. The molecule has 15 unspecified atom stereocenters. The van der Waals surface area contributed by atoms with Crippen molar-refractivity contribution >= 4 is 47.5 Å². The van der Waals surface area contributed by atoms with Gasteiger partial charge in [-0.2, -0.15) is 0 Å². The number of aromatic nitrogens is 3. The average molecular weight is 1270 g/mol. The first-order chi connectivity index (χ1) is 41.7. The summed E-state index contributed by atoms with van der Waals surface area (Å²) < 4.78 is 1.48. The average Bonchev–Trinajstić information content (AvgIpc) is 1.69. The van der Waals surface area contributed by atoms with Crippen LogP contribution in [0.4, 0.5) is 42.3 Å². The van der Waals surface area contributed by atoms with Gasteiger partial charge in [-0.15, -0.1) is 0 Å². The van der Waals surface area contributed by atoms with E-state index in [0.29, 0.717) is 50.5 Å². The fourth-order valence-electron chi connectivity index (χ4n) is 10.9. The summed E-state index contributed by atoms with van der Waals surface area (Å²) in [6.07, 6.45) is -39.2. The smallest absolute Gasteiger partial charge is 0.413 e. The molecule has 0 aliphatic carbocycles. The molecular weight excluding hydrogens is 1200 g/mol. The molecule has 89 heavy (non-hydrogen) atoms. The van der Waals surface area contributed by atoms with Crippen LogP contribution in [0.15, 0.2) is 81.5 Å². The highest BCUT2D eigenvalue weighted by molar-refractivity contribution is 5.96. The first-order valence-electron chi connectivity index (χ1n) is 27.2. The van der Waals surface area contributed by atoms with E-state index < -0.39 is 237 Å². The summed E-state index contributed by atoms with van der Waals surface area (Å²) in [6.45, 7) is -4.31. The lowest BCUT2D eigenvalue weighted by Gasteiger charge is -2.60. The fraction of sp³-hybridized carbons (Fsp3) is 0.528. The van der Waals surface area contributed by atoms with E-state index in [1.165, 1.54) is 6.07 Å². The van der Waals surface area contributed by atoms with Crippen LogP contribution in [0.5, 0.6) is 17.2 Å². The maximum absolute atomic E-state index is 15.0. The second-order valence-electron chi connectivity index (χ2n) is 20.5. The van der Waals surface area contributed by atoms with Crippen molar-refractivity contribution in [1.29, 1.82) is 0 Å². The van der Waals surface area contributed by atoms with E-state index in [-0.39, 0.29) is 19.6 Å². The highest BCUT2D eigenvalue weighted by Gasteiger charge is 2.65. The zero-order valence-electron chi connectivity index (χ0n) is 47.7. The number of aliphatic hydroxyl groups is 15. The SMILES string of the molecule is CCC(N(C(=O)O)c1c(O)c(=O)ccn1CC(O)C(O)C(O)C(O)CO)C(C(CC)N(C(=O)O)c1c(O)c(=O)ccn1CC(O)C(O)C(O)C(O)CO)(C(CC)N(C(=O)O)c1c(O)c(=O)ccn1CC(O)C(O)C(O)C(O)CO)N(C(=O)O)c1ccccc1. The molecule has 3 aromatic heterocycles. The lowest BCUT2D eigenvalue weighted by atomic mass is 9.69. The molecule has 15 atom stereocenters. The Kier molecular flexibility index (Phi) is 25.9. The van der Waals surface area contributed by atoms with Crippen LogP contribution in [0.3, 0.4) is 0 Å². The minimum Gasteiger partial charge on any atom is -0.502 e. The zero-order chi connectivity index (χ0) is 67.4. The van der Waals surface area contributed by atoms with E-state index in [1.54, 1.807) is 0 Å². The Balaban J connectivity index is 2.51. The lowest BCUT2D eigenvalue weighted by molar-refractivity contribution is -0.117. The molecule has 496 valence electrons. The molecule has 4 amide bonds. The van der Waals surface area contributed by atoms with E-state index in [1.807, 2.05) is 0 Å². The van der Waals surface area contributed by atoms with Crippen LogP contribution in [-0.4, -0.2) is 267 Å². The summed E-state index contributed by atoms with van der Waals surface area (Å²) >= 11 is 0. The number of carbonyl (C=O) groups is 4. The van der Waals surface area contributed by atoms with E-state index in [9.17, 15) is 146 Å². The molecule has 0 radical (unpaired) electrons. The predicted molar refractivity (Wildman–Crippen MR) is 304 cm³/mol. The van der Waals surface area contributed by atoms with Gasteiger partial charge < -0.3 is 126 Å².